The Kier molecular flexibility index (Phi) is 12.4. The van der Waals surface area contributed by atoms with Gasteiger partial charge in [0.2, 0.25) is 0 Å². The molecule has 0 bridgehead atoms. The zero-order valence-corrected chi connectivity index (χ0v) is 54.5. The molecule has 0 unspecified atom stereocenters. The zero-order valence-electron chi connectivity index (χ0n) is 54.5. The molecule has 9 aromatic carbocycles. The summed E-state index contributed by atoms with van der Waals surface area (Å²) in [6.45, 7) is 41.8. The Morgan fingerprint density at radius 3 is 0.954 bits per heavy atom. The molecule has 0 spiro atoms. The van der Waals surface area contributed by atoms with E-state index in [9.17, 15) is 0 Å². The van der Waals surface area contributed by atoms with Crippen LogP contribution in [0.5, 0.6) is 0 Å². The van der Waals surface area contributed by atoms with Crippen molar-refractivity contribution >= 4 is 66.7 Å². The lowest BCUT2D eigenvalue weighted by atomic mass is 9.34. The molecular formula is C81H82BN5. The molecule has 0 fully saturated rings. The van der Waals surface area contributed by atoms with Gasteiger partial charge in [0.25, 0.3) is 6.71 Å². The second-order valence-electron chi connectivity index (χ2n) is 31.5. The van der Waals surface area contributed by atoms with Crippen molar-refractivity contribution in [3.8, 4) is 67.8 Å². The van der Waals surface area contributed by atoms with Crippen molar-refractivity contribution in [1.82, 2.24) is 24.1 Å². The summed E-state index contributed by atoms with van der Waals surface area (Å²) in [7, 11) is 0. The largest absolute Gasteiger partial charge is 0.310 e. The maximum absolute atomic E-state index is 5.78. The third-order valence-corrected chi connectivity index (χ3v) is 19.0. The van der Waals surface area contributed by atoms with Gasteiger partial charge in [-0.3, -0.25) is 0 Å². The Morgan fingerprint density at radius 2 is 0.632 bits per heavy atom. The highest BCUT2D eigenvalue weighted by Crippen LogP contribution is 2.47. The van der Waals surface area contributed by atoms with E-state index in [0.29, 0.717) is 17.5 Å². The maximum atomic E-state index is 5.78. The minimum atomic E-state index is -0.156. The molecule has 0 saturated carbocycles. The van der Waals surface area contributed by atoms with Crippen LogP contribution in [-0.2, 0) is 32.5 Å². The predicted octanol–water partition coefficient (Wildman–Crippen LogP) is 19.3. The Morgan fingerprint density at radius 1 is 0.299 bits per heavy atom. The van der Waals surface area contributed by atoms with Gasteiger partial charge in [0.05, 0.1) is 11.0 Å². The van der Waals surface area contributed by atoms with Crippen LogP contribution in [0.2, 0.25) is 0 Å². The molecular weight excluding hydrogens is 1050 g/mol. The van der Waals surface area contributed by atoms with Gasteiger partial charge in [-0.1, -0.05) is 234 Å². The summed E-state index contributed by atoms with van der Waals surface area (Å²) in [5.41, 5.74) is 25.8. The van der Waals surface area contributed by atoms with Crippen molar-refractivity contribution in [1.29, 1.82) is 0 Å². The molecule has 5 nitrogen and oxygen atoms in total. The predicted molar refractivity (Wildman–Crippen MR) is 373 cm³/mol. The average molecular weight is 1140 g/mol. The lowest BCUT2D eigenvalue weighted by molar-refractivity contribution is 0.568. The van der Waals surface area contributed by atoms with Crippen molar-refractivity contribution in [3.63, 3.8) is 0 Å². The first-order valence-corrected chi connectivity index (χ1v) is 31.5. The molecule has 0 aliphatic carbocycles. The molecule has 6 heteroatoms. The summed E-state index contributed by atoms with van der Waals surface area (Å²) in [6, 6.07) is 65.0. The second-order valence-corrected chi connectivity index (χ2v) is 31.5. The summed E-state index contributed by atoms with van der Waals surface area (Å²) in [5, 5.41) is 5.15. The smallest absolute Gasteiger partial charge is 0.252 e. The van der Waals surface area contributed by atoms with E-state index in [1.807, 2.05) is 0 Å². The number of benzene rings is 9. The number of fused-ring (bicyclic) bond motifs is 10. The molecule has 3 aromatic heterocycles. The summed E-state index contributed by atoms with van der Waals surface area (Å²) >= 11 is 0. The summed E-state index contributed by atoms with van der Waals surface area (Å²) in [5.74, 6) is 1.97. The van der Waals surface area contributed by atoms with Crippen LogP contribution in [-0.4, -0.2) is 30.8 Å². The fourth-order valence-electron chi connectivity index (χ4n) is 14.1. The normalized spacial score (nSPS) is 13.6. The number of aromatic nitrogens is 5. The summed E-state index contributed by atoms with van der Waals surface area (Å²) < 4.78 is 5.25. The van der Waals surface area contributed by atoms with E-state index < -0.39 is 0 Å². The van der Waals surface area contributed by atoms with Gasteiger partial charge in [-0.2, -0.15) is 0 Å². The van der Waals surface area contributed by atoms with Crippen molar-refractivity contribution in [2.45, 2.75) is 157 Å². The Bertz CT molecular complexity index is 4470. The first-order valence-electron chi connectivity index (χ1n) is 31.5. The number of rotatable bonds is 5. The molecule has 87 heavy (non-hydrogen) atoms. The fraction of sp³-hybridized carbons (Fsp3) is 0.296. The van der Waals surface area contributed by atoms with Gasteiger partial charge in [-0.25, -0.2) is 15.0 Å². The van der Waals surface area contributed by atoms with Crippen LogP contribution < -0.4 is 16.4 Å². The van der Waals surface area contributed by atoms with Gasteiger partial charge in [0.1, 0.15) is 0 Å². The number of hydrogen-bond donors (Lipinski definition) is 0. The minimum Gasteiger partial charge on any atom is -0.310 e. The van der Waals surface area contributed by atoms with Gasteiger partial charge < -0.3 is 9.13 Å². The van der Waals surface area contributed by atoms with E-state index >= 15 is 0 Å². The number of hydrogen-bond acceptors (Lipinski definition) is 3. The average Bonchev–Trinajstić information content (AvgIpc) is 1.61. The van der Waals surface area contributed by atoms with E-state index in [4.69, 9.17) is 15.0 Å². The topological polar surface area (TPSA) is 48.5 Å². The first kappa shape index (κ1) is 56.5. The van der Waals surface area contributed by atoms with Gasteiger partial charge >= 0.3 is 0 Å². The summed E-state index contributed by atoms with van der Waals surface area (Å²) in [4.78, 5) is 17.2. The van der Waals surface area contributed by atoms with Gasteiger partial charge in [-0.15, -0.1) is 0 Å². The SMILES string of the molecule is CC(C)(C)c1cc(-c2nc(-c3cc(C(C)(C)C)cc(C(C)(C)C)c3)nc(-c3cc4c5c(c3)-n3c6ccc(-c7ccccc7)cc6c6c(C(C)(C)C)ccc(c63)B5c3ccc(C(C)(C)C)c5c6cc(-c7ccccc7)ccc6n-4c35)n2)cc(C(C)(C)C)c1. The molecule has 14 rings (SSSR count). The first-order chi connectivity index (χ1) is 40.9. The molecule has 0 saturated heterocycles. The van der Waals surface area contributed by atoms with Crippen LogP contribution in [0, 0.1) is 0 Å². The Labute approximate surface area is 516 Å². The molecule has 0 amide bonds. The van der Waals surface area contributed by atoms with Crippen LogP contribution >= 0.6 is 0 Å². The molecule has 0 N–H and O–H groups in total. The molecule has 2 aliphatic rings. The molecule has 2 aliphatic heterocycles. The standard InChI is InChI=1S/C81H82BN5/c1-76(2,3)54-37-51(38-55(45-54)77(4,5)6)73-83-74(52-39-56(78(7,8)9)46-57(40-52)79(10,11)12)85-75(84-73)53-43-66-70-67(44-53)87-65-36-30-50(48-27-23-20-24-28-48)42-59(65)69-61(81(16,17)18)32-34-63(72(69)87)82(70)62-33-31-60(80(13,14)15)68-58-41-49(47-25-21-19-22-26-47)29-35-64(58)86(66)71(62)68/h19-46H,1-18H3. The quantitative estimate of drug-likeness (QED) is 0.161. The van der Waals surface area contributed by atoms with E-state index in [2.05, 4.69) is 304 Å². The van der Waals surface area contributed by atoms with Crippen LogP contribution in [0.4, 0.5) is 0 Å². The lowest BCUT2D eigenvalue weighted by Crippen LogP contribution is -2.59. The third-order valence-electron chi connectivity index (χ3n) is 19.0. The van der Waals surface area contributed by atoms with Crippen molar-refractivity contribution in [2.75, 3.05) is 0 Å². The van der Waals surface area contributed by atoms with E-state index in [-0.39, 0.29) is 39.2 Å². The van der Waals surface area contributed by atoms with E-state index in [1.54, 1.807) is 0 Å². The van der Waals surface area contributed by atoms with Gasteiger partial charge in [0.15, 0.2) is 17.5 Å². The van der Waals surface area contributed by atoms with E-state index in [0.717, 1.165) is 28.1 Å². The molecule has 0 atom stereocenters. The van der Waals surface area contributed by atoms with Crippen molar-refractivity contribution in [3.05, 3.63) is 203 Å². The highest BCUT2D eigenvalue weighted by molar-refractivity contribution is 7.00. The third kappa shape index (κ3) is 9.21. The van der Waals surface area contributed by atoms with Gasteiger partial charge in [0, 0.05) is 60.6 Å². The Hall–Kier alpha value is -8.35. The van der Waals surface area contributed by atoms with Crippen molar-refractivity contribution in [2.24, 2.45) is 0 Å². The molecule has 5 heterocycles. The monoisotopic (exact) mass is 1140 g/mol. The number of nitrogens with zero attached hydrogens (tertiary/aromatic N) is 5. The highest BCUT2D eigenvalue weighted by atomic mass is 15.1. The summed E-state index contributed by atoms with van der Waals surface area (Å²) in [6.07, 6.45) is 0. The minimum absolute atomic E-state index is 0.0794. The molecule has 12 aromatic rings. The lowest BCUT2D eigenvalue weighted by Gasteiger charge is -2.35. The molecule has 0 radical (unpaired) electrons. The van der Waals surface area contributed by atoms with Crippen LogP contribution in [0.25, 0.3) is 111 Å². The van der Waals surface area contributed by atoms with Crippen molar-refractivity contribution < 1.29 is 0 Å². The maximum Gasteiger partial charge on any atom is 0.252 e. The second kappa shape index (κ2) is 19.1. The Balaban J connectivity index is 1.16. The van der Waals surface area contributed by atoms with Crippen LogP contribution in [0.15, 0.2) is 170 Å². The van der Waals surface area contributed by atoms with Gasteiger partial charge in [-0.05, 0) is 165 Å². The fourth-order valence-corrected chi connectivity index (χ4v) is 14.1. The molecule has 434 valence electrons. The van der Waals surface area contributed by atoms with E-state index in [1.165, 1.54) is 116 Å². The zero-order chi connectivity index (χ0) is 61.4. The van der Waals surface area contributed by atoms with Crippen LogP contribution in [0.1, 0.15) is 158 Å². The van der Waals surface area contributed by atoms with Crippen LogP contribution in [0.3, 0.4) is 0 Å². The highest BCUT2D eigenvalue weighted by Gasteiger charge is 2.43.